The summed E-state index contributed by atoms with van der Waals surface area (Å²) in [5, 5.41) is 7.12. The van der Waals surface area contributed by atoms with Crippen LogP contribution in [0.15, 0.2) is 64.1 Å². The summed E-state index contributed by atoms with van der Waals surface area (Å²) >= 11 is -1.31. The minimum Gasteiger partial charge on any atom is -0.611 e. The number of hydrogen-bond donors (Lipinski definition) is 2. The fourth-order valence-electron chi connectivity index (χ4n) is 4.32. The zero-order valence-corrected chi connectivity index (χ0v) is 22.2. The second-order valence-electron chi connectivity index (χ2n) is 9.43. The summed E-state index contributed by atoms with van der Waals surface area (Å²) in [6.45, 7) is 3.21. The smallest absolute Gasteiger partial charge is 0.189 e. The molecule has 3 atom stereocenters. The van der Waals surface area contributed by atoms with Gasteiger partial charge in [0.1, 0.15) is 16.8 Å². The van der Waals surface area contributed by atoms with Crippen molar-refractivity contribution in [2.45, 2.75) is 42.5 Å². The first kappa shape index (κ1) is 27.2. The summed E-state index contributed by atoms with van der Waals surface area (Å²) in [6.07, 6.45) is 2.71. The van der Waals surface area contributed by atoms with Crippen molar-refractivity contribution in [2.24, 2.45) is 0 Å². The minimum absolute atomic E-state index is 0.136. The van der Waals surface area contributed by atoms with E-state index < -0.39 is 23.7 Å². The van der Waals surface area contributed by atoms with Gasteiger partial charge in [-0.25, -0.2) is 14.4 Å². The number of nitrogens with zero attached hydrogens (tertiary/aromatic N) is 3. The van der Waals surface area contributed by atoms with Crippen LogP contribution < -0.4 is 11.1 Å². The Balaban J connectivity index is 1.33. The Hall–Kier alpha value is -3.38. The standard InChI is InChI=1S/C28H29F2N5O3S/c1-17(8-10-29)39(36)21-5-3-19(4-6-21)25-15-33-28(31)27(34-25)26-13-24(35-38-26)22-7-2-18(12-23(22)30)14-32-20-9-11-37-16-20/h2-7,12-13,15,17,20,32H,8-11,14,16H2,1H3,(H2,31,33). The molecule has 39 heavy (non-hydrogen) atoms. The minimum atomic E-state index is -1.31. The van der Waals surface area contributed by atoms with Gasteiger partial charge >= 0.3 is 0 Å². The molecule has 3 heterocycles. The molecule has 1 aliphatic heterocycles. The van der Waals surface area contributed by atoms with Crippen molar-refractivity contribution in [3.63, 3.8) is 0 Å². The van der Waals surface area contributed by atoms with E-state index in [2.05, 4.69) is 20.4 Å². The second kappa shape index (κ2) is 12.2. The number of nitrogen functional groups attached to an aromatic ring is 1. The lowest BCUT2D eigenvalue weighted by atomic mass is 10.1. The maximum absolute atomic E-state index is 15.0. The molecule has 4 aromatic rings. The molecule has 0 spiro atoms. The molecule has 2 aromatic carbocycles. The Morgan fingerprint density at radius 1 is 1.18 bits per heavy atom. The molecule has 5 rings (SSSR count). The molecular weight excluding hydrogens is 524 g/mol. The largest absolute Gasteiger partial charge is 0.611 e. The Morgan fingerprint density at radius 3 is 2.72 bits per heavy atom. The van der Waals surface area contributed by atoms with Gasteiger partial charge in [0, 0.05) is 42.8 Å². The Morgan fingerprint density at radius 2 is 2.00 bits per heavy atom. The lowest BCUT2D eigenvalue weighted by Gasteiger charge is -2.16. The molecular formula is C28H29F2N5O3S. The number of benzene rings is 2. The van der Waals surface area contributed by atoms with E-state index in [-0.39, 0.29) is 35.0 Å². The van der Waals surface area contributed by atoms with Gasteiger partial charge in [0.25, 0.3) is 0 Å². The summed E-state index contributed by atoms with van der Waals surface area (Å²) in [4.78, 5) is 9.45. The molecule has 8 nitrogen and oxygen atoms in total. The molecule has 0 aliphatic carbocycles. The highest BCUT2D eigenvalue weighted by atomic mass is 32.2. The van der Waals surface area contributed by atoms with Crippen LogP contribution in [-0.2, 0) is 22.5 Å². The van der Waals surface area contributed by atoms with Crippen LogP contribution >= 0.6 is 0 Å². The van der Waals surface area contributed by atoms with Gasteiger partial charge in [-0.05, 0) is 66.5 Å². The molecule has 3 unspecified atom stereocenters. The molecule has 11 heteroatoms. The summed E-state index contributed by atoms with van der Waals surface area (Å²) in [5.41, 5.74) is 9.03. The SMILES string of the molecule is CC(CCF)[S+]([O-])c1ccc(-c2cnc(N)c(-c3cc(-c4ccc(CNC5CCOC5)cc4F)no3)n2)cc1. The maximum Gasteiger partial charge on any atom is 0.189 e. The van der Waals surface area contributed by atoms with Crippen LogP contribution in [0.5, 0.6) is 0 Å². The van der Waals surface area contributed by atoms with E-state index in [9.17, 15) is 13.3 Å². The molecule has 0 bridgehead atoms. The van der Waals surface area contributed by atoms with Crippen molar-refractivity contribution in [3.8, 4) is 34.0 Å². The van der Waals surface area contributed by atoms with E-state index >= 15 is 0 Å². The molecule has 1 aliphatic rings. The number of nitrogens with one attached hydrogen (secondary N) is 1. The highest BCUT2D eigenvalue weighted by Crippen LogP contribution is 2.31. The average Bonchev–Trinajstić information content (AvgIpc) is 3.65. The van der Waals surface area contributed by atoms with Crippen molar-refractivity contribution in [1.82, 2.24) is 20.4 Å². The zero-order valence-electron chi connectivity index (χ0n) is 21.4. The van der Waals surface area contributed by atoms with Gasteiger partial charge in [-0.1, -0.05) is 11.2 Å². The lowest BCUT2D eigenvalue weighted by molar-refractivity contribution is 0.190. The number of halogens is 2. The summed E-state index contributed by atoms with van der Waals surface area (Å²) in [6, 6.07) is 13.9. The predicted octanol–water partition coefficient (Wildman–Crippen LogP) is 4.92. The van der Waals surface area contributed by atoms with Crippen LogP contribution in [0.25, 0.3) is 34.0 Å². The van der Waals surface area contributed by atoms with Crippen LogP contribution in [0, 0.1) is 5.82 Å². The molecule has 204 valence electrons. The van der Waals surface area contributed by atoms with E-state index in [0.717, 1.165) is 24.2 Å². The maximum atomic E-state index is 15.0. The number of nitrogens with two attached hydrogens (primary N) is 1. The van der Waals surface area contributed by atoms with Crippen molar-refractivity contribution in [2.75, 3.05) is 25.6 Å². The Labute approximate surface area is 228 Å². The average molecular weight is 554 g/mol. The quantitative estimate of drug-likeness (QED) is 0.265. The van der Waals surface area contributed by atoms with Crippen LogP contribution in [0.1, 0.15) is 25.3 Å². The molecule has 2 aromatic heterocycles. The van der Waals surface area contributed by atoms with Crippen molar-refractivity contribution < 1.29 is 22.6 Å². The molecule has 1 saturated heterocycles. The third kappa shape index (κ3) is 6.27. The van der Waals surface area contributed by atoms with Gasteiger partial charge in [0.2, 0.25) is 0 Å². The summed E-state index contributed by atoms with van der Waals surface area (Å²) in [7, 11) is 0. The number of aromatic nitrogens is 3. The molecule has 0 radical (unpaired) electrons. The van der Waals surface area contributed by atoms with Crippen molar-refractivity contribution in [1.29, 1.82) is 0 Å². The van der Waals surface area contributed by atoms with Gasteiger partial charge in [-0.2, -0.15) is 0 Å². The normalized spacial score (nSPS) is 16.9. The molecule has 0 amide bonds. The lowest BCUT2D eigenvalue weighted by Crippen LogP contribution is -2.28. The Kier molecular flexibility index (Phi) is 8.51. The number of ether oxygens (including phenoxy) is 1. The number of anilines is 1. The Bertz CT molecular complexity index is 1410. The van der Waals surface area contributed by atoms with Crippen molar-refractivity contribution in [3.05, 3.63) is 66.1 Å². The van der Waals surface area contributed by atoms with Crippen LogP contribution in [0.4, 0.5) is 14.6 Å². The van der Waals surface area contributed by atoms with E-state index in [4.69, 9.17) is 15.0 Å². The third-order valence-electron chi connectivity index (χ3n) is 6.64. The fraction of sp³-hybridized carbons (Fsp3) is 0.321. The van der Waals surface area contributed by atoms with E-state index in [0.29, 0.717) is 35.0 Å². The molecule has 3 N–H and O–H groups in total. The first-order valence-corrected chi connectivity index (χ1v) is 13.9. The van der Waals surface area contributed by atoms with E-state index in [1.807, 2.05) is 6.07 Å². The third-order valence-corrected chi connectivity index (χ3v) is 8.35. The topological polar surface area (TPSA) is 122 Å². The molecule has 0 saturated carbocycles. The fourth-order valence-corrected chi connectivity index (χ4v) is 5.49. The van der Waals surface area contributed by atoms with Crippen LogP contribution in [0.2, 0.25) is 0 Å². The van der Waals surface area contributed by atoms with E-state index in [1.54, 1.807) is 43.3 Å². The van der Waals surface area contributed by atoms with E-state index in [1.165, 1.54) is 12.3 Å². The number of rotatable bonds is 10. The first-order chi connectivity index (χ1) is 18.9. The predicted molar refractivity (Wildman–Crippen MR) is 145 cm³/mol. The van der Waals surface area contributed by atoms with Gasteiger partial charge in [0.05, 0.1) is 25.2 Å². The highest BCUT2D eigenvalue weighted by molar-refractivity contribution is 7.92. The van der Waals surface area contributed by atoms with Crippen LogP contribution in [0.3, 0.4) is 0 Å². The van der Waals surface area contributed by atoms with Gasteiger partial charge in [0.15, 0.2) is 22.2 Å². The monoisotopic (exact) mass is 553 g/mol. The van der Waals surface area contributed by atoms with Crippen molar-refractivity contribution >= 4 is 17.0 Å². The van der Waals surface area contributed by atoms with Crippen LogP contribution in [-0.4, -0.2) is 50.9 Å². The molecule has 1 fully saturated rings. The summed E-state index contributed by atoms with van der Waals surface area (Å²) < 4.78 is 51.0. The first-order valence-electron chi connectivity index (χ1n) is 12.7. The zero-order chi connectivity index (χ0) is 27.4. The van der Waals surface area contributed by atoms with Gasteiger partial charge < -0.3 is 24.9 Å². The number of hydrogen-bond acceptors (Lipinski definition) is 8. The van der Waals surface area contributed by atoms with Gasteiger partial charge in [-0.3, -0.25) is 4.39 Å². The van der Waals surface area contributed by atoms with Gasteiger partial charge in [-0.15, -0.1) is 0 Å². The summed E-state index contributed by atoms with van der Waals surface area (Å²) in [5.74, 6) is -0.0269. The second-order valence-corrected chi connectivity index (χ2v) is 11.3. The number of alkyl halides is 1. The highest BCUT2D eigenvalue weighted by Gasteiger charge is 2.21.